The van der Waals surface area contributed by atoms with Gasteiger partial charge in [0.2, 0.25) is 0 Å². The number of hydrogen-bond acceptors (Lipinski definition) is 5. The van der Waals surface area contributed by atoms with E-state index in [0.29, 0.717) is 6.54 Å². The van der Waals surface area contributed by atoms with E-state index >= 15 is 0 Å². The Hall–Kier alpha value is -1.45. The molecule has 0 aromatic carbocycles. The Balaban J connectivity index is 2.33. The fourth-order valence-electron chi connectivity index (χ4n) is 2.41. The van der Waals surface area contributed by atoms with Crippen LogP contribution in [0, 0.1) is 5.92 Å². The maximum atomic E-state index is 12.6. The van der Waals surface area contributed by atoms with Crippen molar-refractivity contribution in [1.82, 2.24) is 13.9 Å². The second-order valence-electron chi connectivity index (χ2n) is 4.80. The lowest BCUT2D eigenvalue weighted by molar-refractivity contribution is -0.142. The molecule has 0 bridgehead atoms. The predicted molar refractivity (Wildman–Crippen MR) is 73.2 cm³/mol. The quantitative estimate of drug-likeness (QED) is 0.793. The standard InChI is InChI=1S/C12H19N3O5S/c1-3-14-5-11(13-8-14)21(18,19)15(4-2)10-7-20-6-9(10)12(16)17/h5,8-10H,3-4,6-7H2,1-2H3,(H,16,17). The summed E-state index contributed by atoms with van der Waals surface area (Å²) in [6.07, 6.45) is 2.89. The molecule has 0 spiro atoms. The Bertz CT molecular complexity index is 612. The van der Waals surface area contributed by atoms with E-state index in [1.54, 1.807) is 11.5 Å². The van der Waals surface area contributed by atoms with Crippen LogP contribution in [0.3, 0.4) is 0 Å². The van der Waals surface area contributed by atoms with E-state index < -0.39 is 28.0 Å². The molecule has 0 amide bonds. The van der Waals surface area contributed by atoms with Gasteiger partial charge in [0.05, 0.1) is 31.5 Å². The summed E-state index contributed by atoms with van der Waals surface area (Å²) in [5, 5.41) is 9.12. The number of aliphatic carboxylic acids is 1. The summed E-state index contributed by atoms with van der Waals surface area (Å²) in [7, 11) is -3.83. The maximum Gasteiger partial charge on any atom is 0.310 e. The molecule has 1 aliphatic heterocycles. The minimum Gasteiger partial charge on any atom is -0.481 e. The number of sulfonamides is 1. The van der Waals surface area contributed by atoms with E-state index in [1.807, 2.05) is 6.92 Å². The van der Waals surface area contributed by atoms with Crippen LogP contribution in [-0.4, -0.2) is 59.2 Å². The zero-order chi connectivity index (χ0) is 15.6. The van der Waals surface area contributed by atoms with Gasteiger partial charge in [-0.1, -0.05) is 6.92 Å². The highest BCUT2D eigenvalue weighted by molar-refractivity contribution is 7.89. The first kappa shape index (κ1) is 15.9. The SMILES string of the molecule is CCN(C1COCC1C(=O)O)S(=O)(=O)c1cn(CC)cn1. The van der Waals surface area contributed by atoms with Crippen LogP contribution >= 0.6 is 0 Å². The third-order valence-corrected chi connectivity index (χ3v) is 5.48. The molecule has 1 fully saturated rings. The Kier molecular flexibility index (Phi) is 4.64. The summed E-state index contributed by atoms with van der Waals surface area (Å²) in [5.74, 6) is -1.90. The number of carbonyl (C=O) groups is 1. The fraction of sp³-hybridized carbons (Fsp3) is 0.667. The van der Waals surface area contributed by atoms with Gasteiger partial charge in [-0.2, -0.15) is 4.31 Å². The first-order valence-electron chi connectivity index (χ1n) is 6.76. The molecule has 1 aliphatic rings. The second-order valence-corrected chi connectivity index (χ2v) is 6.64. The van der Waals surface area contributed by atoms with Gasteiger partial charge in [-0.15, -0.1) is 0 Å². The number of nitrogens with zero attached hydrogens (tertiary/aromatic N) is 3. The molecule has 1 aromatic heterocycles. The number of aryl methyl sites for hydroxylation is 1. The van der Waals surface area contributed by atoms with Gasteiger partial charge < -0.3 is 14.4 Å². The number of aromatic nitrogens is 2. The van der Waals surface area contributed by atoms with Gasteiger partial charge in [-0.3, -0.25) is 4.79 Å². The Morgan fingerprint density at radius 1 is 1.52 bits per heavy atom. The average Bonchev–Trinajstić information content (AvgIpc) is 3.08. The summed E-state index contributed by atoms with van der Waals surface area (Å²) >= 11 is 0. The van der Waals surface area contributed by atoms with Crippen molar-refractivity contribution in [2.24, 2.45) is 5.92 Å². The normalized spacial score (nSPS) is 22.8. The monoisotopic (exact) mass is 317 g/mol. The van der Waals surface area contributed by atoms with Gasteiger partial charge in [-0.25, -0.2) is 13.4 Å². The third kappa shape index (κ3) is 2.94. The van der Waals surface area contributed by atoms with Crippen LogP contribution in [0.15, 0.2) is 17.6 Å². The van der Waals surface area contributed by atoms with E-state index in [0.717, 1.165) is 0 Å². The molecule has 0 radical (unpaired) electrons. The molecule has 0 saturated carbocycles. The predicted octanol–water partition coefficient (Wildman–Crippen LogP) is 0.0132. The molecule has 21 heavy (non-hydrogen) atoms. The van der Waals surface area contributed by atoms with Crippen LogP contribution in [0.5, 0.6) is 0 Å². The largest absolute Gasteiger partial charge is 0.481 e. The summed E-state index contributed by atoms with van der Waals surface area (Å²) < 4.78 is 33.3. The van der Waals surface area contributed by atoms with Crippen LogP contribution in [-0.2, 0) is 26.1 Å². The van der Waals surface area contributed by atoms with Crippen molar-refractivity contribution in [3.63, 3.8) is 0 Å². The number of imidazole rings is 1. The van der Waals surface area contributed by atoms with Gasteiger partial charge in [0, 0.05) is 19.3 Å². The van der Waals surface area contributed by atoms with Gasteiger partial charge in [0.25, 0.3) is 10.0 Å². The Morgan fingerprint density at radius 2 is 2.24 bits per heavy atom. The summed E-state index contributed by atoms with van der Waals surface area (Å²) in [6, 6.07) is -0.704. The van der Waals surface area contributed by atoms with Gasteiger partial charge in [-0.05, 0) is 6.92 Å². The van der Waals surface area contributed by atoms with Crippen molar-refractivity contribution in [2.45, 2.75) is 31.5 Å². The van der Waals surface area contributed by atoms with E-state index in [1.165, 1.54) is 16.8 Å². The summed E-state index contributed by atoms with van der Waals surface area (Å²) in [5.41, 5.74) is 0. The number of ether oxygens (including phenoxy) is 1. The lowest BCUT2D eigenvalue weighted by atomic mass is 10.0. The molecule has 2 heterocycles. The van der Waals surface area contributed by atoms with Crippen LogP contribution in [0.2, 0.25) is 0 Å². The van der Waals surface area contributed by atoms with E-state index in [9.17, 15) is 18.3 Å². The van der Waals surface area contributed by atoms with Crippen molar-refractivity contribution >= 4 is 16.0 Å². The van der Waals surface area contributed by atoms with Gasteiger partial charge in [0.15, 0.2) is 5.03 Å². The molecule has 118 valence electrons. The zero-order valence-corrected chi connectivity index (χ0v) is 12.8. The minimum atomic E-state index is -3.83. The van der Waals surface area contributed by atoms with Crippen molar-refractivity contribution in [3.8, 4) is 0 Å². The average molecular weight is 317 g/mol. The minimum absolute atomic E-state index is 0.0232. The number of hydrogen-bond donors (Lipinski definition) is 1. The van der Waals surface area contributed by atoms with E-state index in [-0.39, 0.29) is 24.8 Å². The fourth-order valence-corrected chi connectivity index (χ4v) is 4.00. The van der Waals surface area contributed by atoms with Crippen molar-refractivity contribution in [2.75, 3.05) is 19.8 Å². The number of carboxylic acid groups (broad SMARTS) is 1. The molecule has 8 nitrogen and oxygen atoms in total. The topological polar surface area (TPSA) is 102 Å². The maximum absolute atomic E-state index is 12.6. The highest BCUT2D eigenvalue weighted by Gasteiger charge is 2.43. The van der Waals surface area contributed by atoms with Crippen molar-refractivity contribution in [3.05, 3.63) is 12.5 Å². The summed E-state index contributed by atoms with van der Waals surface area (Å²) in [6.45, 7) is 4.43. The molecule has 2 atom stereocenters. The number of carboxylic acids is 1. The van der Waals surface area contributed by atoms with Crippen LogP contribution in [0.25, 0.3) is 0 Å². The first-order chi connectivity index (χ1) is 9.91. The molecule has 1 saturated heterocycles. The Labute approximate surface area is 123 Å². The van der Waals surface area contributed by atoms with E-state index in [4.69, 9.17) is 4.74 Å². The van der Waals surface area contributed by atoms with Gasteiger partial charge >= 0.3 is 5.97 Å². The van der Waals surface area contributed by atoms with Gasteiger partial charge in [0.1, 0.15) is 0 Å². The lowest BCUT2D eigenvalue weighted by Gasteiger charge is -2.27. The molecule has 2 unspecified atom stereocenters. The van der Waals surface area contributed by atoms with Crippen LogP contribution < -0.4 is 0 Å². The number of likely N-dealkylation sites (N-methyl/N-ethyl adjacent to an activating group) is 1. The highest BCUT2D eigenvalue weighted by atomic mass is 32.2. The summed E-state index contributed by atoms with van der Waals surface area (Å²) in [4.78, 5) is 15.1. The lowest BCUT2D eigenvalue weighted by Crippen LogP contribution is -2.46. The second kappa shape index (κ2) is 6.12. The van der Waals surface area contributed by atoms with Crippen LogP contribution in [0.1, 0.15) is 13.8 Å². The zero-order valence-electron chi connectivity index (χ0n) is 12.0. The molecule has 9 heteroatoms. The third-order valence-electron chi connectivity index (χ3n) is 3.60. The Morgan fingerprint density at radius 3 is 2.76 bits per heavy atom. The molecular weight excluding hydrogens is 298 g/mol. The molecule has 1 N–H and O–H groups in total. The van der Waals surface area contributed by atoms with Crippen LogP contribution in [0.4, 0.5) is 0 Å². The highest BCUT2D eigenvalue weighted by Crippen LogP contribution is 2.25. The van der Waals surface area contributed by atoms with E-state index in [2.05, 4.69) is 4.98 Å². The smallest absolute Gasteiger partial charge is 0.310 e. The van der Waals surface area contributed by atoms with Crippen molar-refractivity contribution in [1.29, 1.82) is 0 Å². The molecule has 1 aromatic rings. The first-order valence-corrected chi connectivity index (χ1v) is 8.20. The molecule has 2 rings (SSSR count). The number of rotatable bonds is 6. The molecular formula is C12H19N3O5S. The van der Waals surface area contributed by atoms with Crippen molar-refractivity contribution < 1.29 is 23.1 Å². The molecule has 0 aliphatic carbocycles.